The lowest BCUT2D eigenvalue weighted by atomic mass is 9.89. The monoisotopic (exact) mass is 269 g/mol. The molecule has 2 aliphatic heterocycles. The van der Waals surface area contributed by atoms with Crippen molar-refractivity contribution in [3.8, 4) is 0 Å². The molecule has 1 aliphatic carbocycles. The quantitative estimate of drug-likeness (QED) is 0.849. The van der Waals surface area contributed by atoms with E-state index < -0.39 is 0 Å². The maximum atomic E-state index is 6.42. The Morgan fingerprint density at radius 3 is 2.84 bits per heavy atom. The Kier molecular flexibility index (Phi) is 4.42. The van der Waals surface area contributed by atoms with Crippen molar-refractivity contribution in [3.05, 3.63) is 0 Å². The molecule has 4 unspecified atom stereocenters. The molecule has 1 spiro atoms. The topological polar surface area (TPSA) is 39.7 Å². The molecule has 3 rings (SSSR count). The van der Waals surface area contributed by atoms with E-state index in [1.54, 1.807) is 0 Å². The molecule has 2 heterocycles. The van der Waals surface area contributed by atoms with E-state index in [1.807, 2.05) is 0 Å². The zero-order valence-corrected chi connectivity index (χ0v) is 12.0. The second kappa shape index (κ2) is 6.08. The van der Waals surface area contributed by atoms with Crippen molar-refractivity contribution in [2.45, 2.75) is 68.8 Å². The molecule has 0 amide bonds. The van der Waals surface area contributed by atoms with Gasteiger partial charge in [0.05, 0.1) is 24.4 Å². The summed E-state index contributed by atoms with van der Waals surface area (Å²) in [4.78, 5) is 0. The van der Waals surface area contributed by atoms with E-state index >= 15 is 0 Å². The van der Waals surface area contributed by atoms with Gasteiger partial charge < -0.3 is 19.5 Å². The van der Waals surface area contributed by atoms with Crippen LogP contribution in [-0.4, -0.2) is 50.7 Å². The SMILES string of the molecule is CNC1CCCCC1OC1CCOC2(CCOC2)C1. The fourth-order valence-corrected chi connectivity index (χ4v) is 3.80. The van der Waals surface area contributed by atoms with Gasteiger partial charge in [0, 0.05) is 32.1 Å². The zero-order chi connectivity index (χ0) is 13.1. The Morgan fingerprint density at radius 1 is 1.16 bits per heavy atom. The average molecular weight is 269 g/mol. The molecule has 0 aromatic heterocycles. The summed E-state index contributed by atoms with van der Waals surface area (Å²) in [5.41, 5.74) is -0.0350. The number of hydrogen-bond acceptors (Lipinski definition) is 4. The maximum Gasteiger partial charge on any atom is 0.0961 e. The molecule has 0 aromatic carbocycles. The summed E-state index contributed by atoms with van der Waals surface area (Å²) in [6, 6.07) is 0.535. The smallest absolute Gasteiger partial charge is 0.0961 e. The average Bonchev–Trinajstić information content (AvgIpc) is 2.87. The first kappa shape index (κ1) is 13.8. The van der Waals surface area contributed by atoms with Crippen LogP contribution >= 0.6 is 0 Å². The summed E-state index contributed by atoms with van der Waals surface area (Å²) in [5.74, 6) is 0. The van der Waals surface area contributed by atoms with Crippen LogP contribution in [0.15, 0.2) is 0 Å². The van der Waals surface area contributed by atoms with Gasteiger partial charge in [-0.2, -0.15) is 0 Å². The van der Waals surface area contributed by atoms with Gasteiger partial charge in [0.2, 0.25) is 0 Å². The predicted molar refractivity (Wildman–Crippen MR) is 73.3 cm³/mol. The molecule has 1 saturated carbocycles. The maximum absolute atomic E-state index is 6.42. The fraction of sp³-hybridized carbons (Fsp3) is 1.00. The van der Waals surface area contributed by atoms with E-state index in [-0.39, 0.29) is 5.60 Å². The summed E-state index contributed by atoms with van der Waals surface area (Å²) < 4.78 is 17.9. The molecule has 0 radical (unpaired) electrons. The van der Waals surface area contributed by atoms with Crippen molar-refractivity contribution < 1.29 is 14.2 Å². The van der Waals surface area contributed by atoms with Crippen molar-refractivity contribution >= 4 is 0 Å². The molecule has 1 N–H and O–H groups in total. The third kappa shape index (κ3) is 3.13. The zero-order valence-electron chi connectivity index (χ0n) is 12.0. The molecule has 4 heteroatoms. The number of hydrogen-bond donors (Lipinski definition) is 1. The Bertz CT molecular complexity index is 291. The highest BCUT2D eigenvalue weighted by Crippen LogP contribution is 2.35. The van der Waals surface area contributed by atoms with Gasteiger partial charge in [-0.05, 0) is 26.3 Å². The molecule has 4 nitrogen and oxygen atoms in total. The number of rotatable bonds is 3. The minimum absolute atomic E-state index is 0.0350. The summed E-state index contributed by atoms with van der Waals surface area (Å²) >= 11 is 0. The van der Waals surface area contributed by atoms with Gasteiger partial charge in [-0.25, -0.2) is 0 Å². The van der Waals surface area contributed by atoms with Gasteiger partial charge in [0.15, 0.2) is 0 Å². The van der Waals surface area contributed by atoms with Gasteiger partial charge in [-0.3, -0.25) is 0 Å². The minimum Gasteiger partial charge on any atom is -0.378 e. The van der Waals surface area contributed by atoms with Crippen molar-refractivity contribution in [2.75, 3.05) is 26.9 Å². The van der Waals surface area contributed by atoms with Crippen LogP contribution in [0.3, 0.4) is 0 Å². The summed E-state index contributed by atoms with van der Waals surface area (Å²) in [6.45, 7) is 2.42. The van der Waals surface area contributed by atoms with E-state index in [9.17, 15) is 0 Å². The highest BCUT2D eigenvalue weighted by molar-refractivity contribution is 4.92. The van der Waals surface area contributed by atoms with Crippen molar-refractivity contribution in [1.29, 1.82) is 0 Å². The first-order chi connectivity index (χ1) is 9.31. The van der Waals surface area contributed by atoms with Crippen LogP contribution < -0.4 is 5.32 Å². The first-order valence-electron chi connectivity index (χ1n) is 7.86. The highest BCUT2D eigenvalue weighted by atomic mass is 16.6. The third-order valence-corrected chi connectivity index (χ3v) is 4.96. The Balaban J connectivity index is 1.56. The van der Waals surface area contributed by atoms with Gasteiger partial charge in [0.1, 0.15) is 0 Å². The molecule has 4 atom stereocenters. The van der Waals surface area contributed by atoms with Crippen LogP contribution in [0.5, 0.6) is 0 Å². The van der Waals surface area contributed by atoms with Crippen LogP contribution in [0.1, 0.15) is 44.9 Å². The van der Waals surface area contributed by atoms with Crippen LogP contribution in [0.4, 0.5) is 0 Å². The second-order valence-electron chi connectivity index (χ2n) is 6.30. The molecular weight excluding hydrogens is 242 g/mol. The number of likely N-dealkylation sites (N-methyl/N-ethyl adjacent to an activating group) is 1. The summed E-state index contributed by atoms with van der Waals surface area (Å²) in [5, 5.41) is 3.42. The van der Waals surface area contributed by atoms with Gasteiger partial charge in [-0.15, -0.1) is 0 Å². The lowest BCUT2D eigenvalue weighted by molar-refractivity contribution is -0.154. The van der Waals surface area contributed by atoms with Crippen LogP contribution in [-0.2, 0) is 14.2 Å². The van der Waals surface area contributed by atoms with E-state index in [0.29, 0.717) is 18.2 Å². The third-order valence-electron chi connectivity index (χ3n) is 4.96. The summed E-state index contributed by atoms with van der Waals surface area (Å²) in [7, 11) is 2.06. The molecule has 3 fully saturated rings. The lowest BCUT2D eigenvalue weighted by Gasteiger charge is -2.40. The summed E-state index contributed by atoms with van der Waals surface area (Å²) in [6.07, 6.45) is 8.92. The van der Waals surface area contributed by atoms with Crippen molar-refractivity contribution in [2.24, 2.45) is 0 Å². The van der Waals surface area contributed by atoms with Gasteiger partial charge >= 0.3 is 0 Å². The lowest BCUT2D eigenvalue weighted by Crippen LogP contribution is -2.48. The number of nitrogens with one attached hydrogen (secondary N) is 1. The molecule has 2 saturated heterocycles. The van der Waals surface area contributed by atoms with Crippen LogP contribution in [0.2, 0.25) is 0 Å². The van der Waals surface area contributed by atoms with Crippen LogP contribution in [0, 0.1) is 0 Å². The van der Waals surface area contributed by atoms with Gasteiger partial charge in [-0.1, -0.05) is 12.8 Å². The number of ether oxygens (including phenoxy) is 3. The van der Waals surface area contributed by atoms with E-state index in [2.05, 4.69) is 12.4 Å². The van der Waals surface area contributed by atoms with Crippen molar-refractivity contribution in [3.63, 3.8) is 0 Å². The molecule has 0 aromatic rings. The van der Waals surface area contributed by atoms with E-state index in [0.717, 1.165) is 39.1 Å². The molecule has 0 bridgehead atoms. The minimum atomic E-state index is -0.0350. The Labute approximate surface area is 116 Å². The standard InChI is InChI=1S/C15H27NO3/c1-16-13-4-2-3-5-14(13)19-12-6-8-18-15(10-12)7-9-17-11-15/h12-14,16H,2-11H2,1H3. The predicted octanol–water partition coefficient (Wildman–Crippen LogP) is 1.87. The van der Waals surface area contributed by atoms with E-state index in [1.165, 1.54) is 25.7 Å². The van der Waals surface area contributed by atoms with Crippen LogP contribution in [0.25, 0.3) is 0 Å². The highest BCUT2D eigenvalue weighted by Gasteiger charge is 2.42. The fourth-order valence-electron chi connectivity index (χ4n) is 3.80. The van der Waals surface area contributed by atoms with Crippen molar-refractivity contribution in [1.82, 2.24) is 5.32 Å². The molecular formula is C15H27NO3. The Morgan fingerprint density at radius 2 is 2.05 bits per heavy atom. The van der Waals surface area contributed by atoms with E-state index in [4.69, 9.17) is 14.2 Å². The normalized spacial score (nSPS) is 43.7. The first-order valence-corrected chi connectivity index (χ1v) is 7.86. The Hall–Kier alpha value is -0.160. The van der Waals surface area contributed by atoms with Gasteiger partial charge in [0.25, 0.3) is 0 Å². The molecule has 110 valence electrons. The molecule has 3 aliphatic rings. The second-order valence-corrected chi connectivity index (χ2v) is 6.30. The molecule has 19 heavy (non-hydrogen) atoms. The largest absolute Gasteiger partial charge is 0.378 e.